The molecule has 2 heterocycles. The molecule has 0 N–H and O–H groups in total. The van der Waals surface area contributed by atoms with Crippen molar-refractivity contribution in [2.24, 2.45) is 5.92 Å². The van der Waals surface area contributed by atoms with E-state index in [0.29, 0.717) is 22.9 Å². The SMILES string of the molecule is COc1c(CC2CCCCCCC2)c(Cl)nc2c(C3CCCCCCCC3)c(C3CCCCCCCC3)nn12. The van der Waals surface area contributed by atoms with Gasteiger partial charge in [0.25, 0.3) is 0 Å². The lowest BCUT2D eigenvalue weighted by Gasteiger charge is -2.22. The third-order valence-corrected chi connectivity index (χ3v) is 10.6. The fourth-order valence-corrected chi connectivity index (χ4v) is 8.24. The molecule has 39 heavy (non-hydrogen) atoms. The second kappa shape index (κ2) is 15.1. The van der Waals surface area contributed by atoms with Crippen molar-refractivity contribution in [3.8, 4) is 5.88 Å². The van der Waals surface area contributed by atoms with E-state index in [1.807, 2.05) is 7.11 Å². The first kappa shape index (κ1) is 29.2. The predicted octanol–water partition coefficient (Wildman–Crippen LogP) is 10.7. The first-order chi connectivity index (χ1) is 19.3. The van der Waals surface area contributed by atoms with E-state index in [4.69, 9.17) is 26.4 Å². The maximum Gasteiger partial charge on any atom is 0.222 e. The van der Waals surface area contributed by atoms with Gasteiger partial charge in [0.2, 0.25) is 5.88 Å². The van der Waals surface area contributed by atoms with Crippen LogP contribution in [0.25, 0.3) is 5.65 Å². The average Bonchev–Trinajstić information content (AvgIpc) is 3.39. The topological polar surface area (TPSA) is 39.4 Å². The van der Waals surface area contributed by atoms with Crippen molar-refractivity contribution in [1.29, 1.82) is 0 Å². The van der Waals surface area contributed by atoms with Gasteiger partial charge in [0.1, 0.15) is 5.15 Å². The van der Waals surface area contributed by atoms with Gasteiger partial charge in [0.15, 0.2) is 5.65 Å². The summed E-state index contributed by atoms with van der Waals surface area (Å²) in [6.07, 6.45) is 31.6. The van der Waals surface area contributed by atoms with E-state index in [-0.39, 0.29) is 0 Å². The van der Waals surface area contributed by atoms with Crippen LogP contribution in [0.4, 0.5) is 0 Å². The molecule has 218 valence electrons. The molecule has 0 aromatic carbocycles. The van der Waals surface area contributed by atoms with Gasteiger partial charge in [-0.25, -0.2) is 4.98 Å². The Morgan fingerprint density at radius 1 is 0.667 bits per heavy atom. The molecule has 0 amide bonds. The summed E-state index contributed by atoms with van der Waals surface area (Å²) in [6.45, 7) is 0. The highest BCUT2D eigenvalue weighted by molar-refractivity contribution is 6.30. The summed E-state index contributed by atoms with van der Waals surface area (Å²) in [5.74, 6) is 2.58. The molecule has 3 fully saturated rings. The summed E-state index contributed by atoms with van der Waals surface area (Å²) < 4.78 is 8.29. The molecule has 0 radical (unpaired) electrons. The van der Waals surface area contributed by atoms with Crippen molar-refractivity contribution in [1.82, 2.24) is 14.6 Å². The van der Waals surface area contributed by atoms with Gasteiger partial charge < -0.3 is 4.74 Å². The minimum absolute atomic E-state index is 0.532. The van der Waals surface area contributed by atoms with E-state index < -0.39 is 0 Å². The van der Waals surface area contributed by atoms with Crippen molar-refractivity contribution in [2.45, 2.75) is 166 Å². The number of rotatable bonds is 5. The zero-order chi connectivity index (χ0) is 26.9. The lowest BCUT2D eigenvalue weighted by Crippen LogP contribution is -2.12. The third-order valence-electron chi connectivity index (χ3n) is 10.2. The highest BCUT2D eigenvalue weighted by atomic mass is 35.5. The molecule has 0 bridgehead atoms. The Morgan fingerprint density at radius 3 is 1.64 bits per heavy atom. The smallest absolute Gasteiger partial charge is 0.222 e. The summed E-state index contributed by atoms with van der Waals surface area (Å²) in [4.78, 5) is 5.21. The van der Waals surface area contributed by atoms with Gasteiger partial charge in [-0.2, -0.15) is 9.61 Å². The van der Waals surface area contributed by atoms with Crippen LogP contribution in [0.15, 0.2) is 0 Å². The first-order valence-electron chi connectivity index (χ1n) is 16.9. The van der Waals surface area contributed by atoms with Gasteiger partial charge in [0.05, 0.1) is 18.4 Å². The molecule has 5 rings (SSSR count). The van der Waals surface area contributed by atoms with Crippen LogP contribution >= 0.6 is 11.6 Å². The van der Waals surface area contributed by atoms with E-state index in [9.17, 15) is 0 Å². The highest BCUT2D eigenvalue weighted by Gasteiger charge is 2.31. The molecule has 0 spiro atoms. The summed E-state index contributed by atoms with van der Waals surface area (Å²) in [6, 6.07) is 0. The number of fused-ring (bicyclic) bond motifs is 1. The predicted molar refractivity (Wildman–Crippen MR) is 163 cm³/mol. The quantitative estimate of drug-likeness (QED) is 0.344. The Bertz CT molecular complexity index is 1010. The third kappa shape index (κ3) is 7.52. The molecular formula is C34H54ClN3O. The Morgan fingerprint density at radius 2 is 1.13 bits per heavy atom. The van der Waals surface area contributed by atoms with Crippen molar-refractivity contribution in [3.63, 3.8) is 0 Å². The molecule has 0 aliphatic heterocycles. The minimum atomic E-state index is 0.532. The Balaban J connectivity index is 1.57. The number of halogens is 1. The van der Waals surface area contributed by atoms with Crippen LogP contribution in [-0.4, -0.2) is 21.7 Å². The number of hydrogen-bond acceptors (Lipinski definition) is 3. The monoisotopic (exact) mass is 555 g/mol. The largest absolute Gasteiger partial charge is 0.481 e. The summed E-state index contributed by atoms with van der Waals surface area (Å²) >= 11 is 7.11. The second-order valence-corrected chi connectivity index (χ2v) is 13.5. The average molecular weight is 556 g/mol. The molecule has 0 saturated heterocycles. The molecule has 2 aromatic heterocycles. The molecule has 3 saturated carbocycles. The molecule has 4 nitrogen and oxygen atoms in total. The van der Waals surface area contributed by atoms with Crippen LogP contribution in [-0.2, 0) is 6.42 Å². The van der Waals surface area contributed by atoms with Gasteiger partial charge in [-0.3, -0.25) is 0 Å². The van der Waals surface area contributed by atoms with Crippen LogP contribution < -0.4 is 4.74 Å². The van der Waals surface area contributed by atoms with E-state index in [1.165, 1.54) is 159 Å². The van der Waals surface area contributed by atoms with Crippen molar-refractivity contribution in [2.75, 3.05) is 7.11 Å². The normalized spacial score (nSPS) is 22.6. The van der Waals surface area contributed by atoms with Gasteiger partial charge in [-0.15, -0.1) is 0 Å². The minimum Gasteiger partial charge on any atom is -0.481 e. The summed E-state index contributed by atoms with van der Waals surface area (Å²) in [5, 5.41) is 6.12. The number of ether oxygens (including phenoxy) is 1. The number of nitrogens with zero attached hydrogens (tertiary/aromatic N) is 3. The lowest BCUT2D eigenvalue weighted by molar-refractivity contribution is 0.352. The Labute approximate surface area is 243 Å². The van der Waals surface area contributed by atoms with Gasteiger partial charge in [-0.05, 0) is 43.9 Å². The Kier molecular flexibility index (Phi) is 11.3. The van der Waals surface area contributed by atoms with Crippen molar-refractivity contribution in [3.05, 3.63) is 22.0 Å². The fourth-order valence-electron chi connectivity index (χ4n) is 8.00. The van der Waals surface area contributed by atoms with E-state index >= 15 is 0 Å². The fraction of sp³-hybridized carbons (Fsp3) is 0.824. The zero-order valence-corrected chi connectivity index (χ0v) is 25.6. The standard InChI is InChI=1S/C34H54ClN3O/c1-39-34-29(25-26-19-13-7-6-8-14-20-26)32(35)36-33-30(27-21-15-9-2-3-10-16-22-27)31(37-38(33)34)28-23-17-11-4-5-12-18-24-28/h26-28H,2-25H2,1H3. The zero-order valence-electron chi connectivity index (χ0n) is 24.8. The van der Waals surface area contributed by atoms with Crippen molar-refractivity contribution >= 4 is 17.2 Å². The highest BCUT2D eigenvalue weighted by Crippen LogP contribution is 2.43. The van der Waals surface area contributed by atoms with Crippen LogP contribution in [0.3, 0.4) is 0 Å². The number of methoxy groups -OCH3 is 1. The van der Waals surface area contributed by atoms with Crippen molar-refractivity contribution < 1.29 is 4.74 Å². The van der Waals surface area contributed by atoms with Crippen LogP contribution in [0.2, 0.25) is 5.15 Å². The maximum atomic E-state index is 7.11. The Hall–Kier alpha value is -1.29. The molecule has 5 heteroatoms. The molecule has 3 aliphatic rings. The number of hydrogen-bond donors (Lipinski definition) is 0. The second-order valence-electron chi connectivity index (χ2n) is 13.1. The molecule has 3 aliphatic carbocycles. The van der Waals surface area contributed by atoms with E-state index in [0.717, 1.165) is 23.5 Å². The summed E-state index contributed by atoms with van der Waals surface area (Å²) in [7, 11) is 1.81. The number of aromatic nitrogens is 3. The molecular weight excluding hydrogens is 502 g/mol. The lowest BCUT2D eigenvalue weighted by atomic mass is 9.83. The molecule has 2 aromatic rings. The van der Waals surface area contributed by atoms with Gasteiger partial charge in [0, 0.05) is 11.5 Å². The maximum absolute atomic E-state index is 7.11. The van der Waals surface area contributed by atoms with E-state index in [1.54, 1.807) is 0 Å². The van der Waals surface area contributed by atoms with Gasteiger partial charge in [-0.1, -0.05) is 134 Å². The van der Waals surface area contributed by atoms with E-state index in [2.05, 4.69) is 4.52 Å². The van der Waals surface area contributed by atoms with Crippen LogP contribution in [0, 0.1) is 5.92 Å². The van der Waals surface area contributed by atoms with Crippen LogP contribution in [0.1, 0.15) is 176 Å². The molecule has 0 atom stereocenters. The van der Waals surface area contributed by atoms with Gasteiger partial charge >= 0.3 is 0 Å². The molecule has 0 unspecified atom stereocenters. The van der Waals surface area contributed by atoms with Crippen LogP contribution in [0.5, 0.6) is 5.88 Å². The summed E-state index contributed by atoms with van der Waals surface area (Å²) in [5.41, 5.74) is 4.85. The first-order valence-corrected chi connectivity index (χ1v) is 17.3.